The molecule has 0 spiro atoms. The second-order valence-corrected chi connectivity index (χ2v) is 7.42. The summed E-state index contributed by atoms with van der Waals surface area (Å²) in [7, 11) is 0. The molecule has 1 fully saturated rings. The molecule has 3 heterocycles. The number of aryl methyl sites for hydroxylation is 2. The van der Waals surface area contributed by atoms with E-state index >= 15 is 0 Å². The number of hydrogen-bond donors (Lipinski definition) is 1. The van der Waals surface area contributed by atoms with E-state index in [0.29, 0.717) is 5.41 Å². The van der Waals surface area contributed by atoms with Crippen LogP contribution in [0.4, 0.5) is 0 Å². The van der Waals surface area contributed by atoms with Crippen LogP contribution in [0.5, 0.6) is 0 Å². The van der Waals surface area contributed by atoms with Crippen LogP contribution in [-0.4, -0.2) is 34.5 Å². The average molecular weight is 324 g/mol. The molecule has 0 amide bonds. The van der Waals surface area contributed by atoms with E-state index < -0.39 is 0 Å². The fourth-order valence-corrected chi connectivity index (χ4v) is 3.54. The second-order valence-electron chi connectivity index (χ2n) is 7.42. The van der Waals surface area contributed by atoms with Gasteiger partial charge in [0.25, 0.3) is 0 Å². The first-order valence-electron chi connectivity index (χ1n) is 8.81. The van der Waals surface area contributed by atoms with Crippen LogP contribution in [0.2, 0.25) is 0 Å². The van der Waals surface area contributed by atoms with Crippen molar-refractivity contribution in [2.75, 3.05) is 19.6 Å². The van der Waals surface area contributed by atoms with Crippen molar-refractivity contribution in [3.63, 3.8) is 0 Å². The molecule has 4 nitrogen and oxygen atoms in total. The molecule has 0 bridgehead atoms. The first-order chi connectivity index (χ1) is 11.5. The Labute approximate surface area is 145 Å². The Kier molecular flexibility index (Phi) is 5.27. The van der Waals surface area contributed by atoms with Gasteiger partial charge in [0.2, 0.25) is 0 Å². The smallest absolute Gasteiger partial charge is 0.0547 e. The van der Waals surface area contributed by atoms with E-state index in [4.69, 9.17) is 9.97 Å². The van der Waals surface area contributed by atoms with Crippen LogP contribution in [0.25, 0.3) is 0 Å². The minimum absolute atomic E-state index is 0.327. The first kappa shape index (κ1) is 17.1. The Morgan fingerprint density at radius 1 is 1.00 bits per heavy atom. The van der Waals surface area contributed by atoms with Crippen molar-refractivity contribution in [1.82, 2.24) is 20.2 Å². The molecule has 1 unspecified atom stereocenters. The van der Waals surface area contributed by atoms with Gasteiger partial charge < -0.3 is 5.32 Å². The largest absolute Gasteiger partial charge is 0.316 e. The van der Waals surface area contributed by atoms with E-state index in [1.807, 2.05) is 0 Å². The summed E-state index contributed by atoms with van der Waals surface area (Å²) in [6, 6.07) is 12.5. The van der Waals surface area contributed by atoms with Gasteiger partial charge in [-0.2, -0.15) is 0 Å². The molecule has 2 aromatic heterocycles. The minimum Gasteiger partial charge on any atom is -0.316 e. The van der Waals surface area contributed by atoms with Crippen molar-refractivity contribution in [1.29, 1.82) is 0 Å². The van der Waals surface area contributed by atoms with E-state index in [2.05, 4.69) is 67.4 Å². The Bertz CT molecular complexity index is 629. The van der Waals surface area contributed by atoms with Crippen LogP contribution < -0.4 is 5.32 Å². The highest BCUT2D eigenvalue weighted by Crippen LogP contribution is 2.27. The van der Waals surface area contributed by atoms with Gasteiger partial charge in [-0.1, -0.05) is 19.1 Å². The Morgan fingerprint density at radius 2 is 1.58 bits per heavy atom. The highest BCUT2D eigenvalue weighted by Gasteiger charge is 2.31. The standard InChI is InChI=1S/C20H28N4/c1-16-6-4-8-18(22-16)12-24(15-20(3)10-11-21-14-20)13-19-9-5-7-17(2)23-19/h4-9,21H,10-15H2,1-3H3. The van der Waals surface area contributed by atoms with Crippen molar-refractivity contribution >= 4 is 0 Å². The molecule has 2 aromatic rings. The zero-order valence-corrected chi connectivity index (χ0v) is 15.0. The van der Waals surface area contributed by atoms with Crippen molar-refractivity contribution < 1.29 is 0 Å². The molecule has 4 heteroatoms. The van der Waals surface area contributed by atoms with Crippen LogP contribution in [0.15, 0.2) is 36.4 Å². The predicted molar refractivity (Wildman–Crippen MR) is 97.7 cm³/mol. The summed E-state index contributed by atoms with van der Waals surface area (Å²) >= 11 is 0. The number of nitrogens with one attached hydrogen (secondary N) is 1. The number of pyridine rings is 2. The van der Waals surface area contributed by atoms with E-state index in [9.17, 15) is 0 Å². The lowest BCUT2D eigenvalue weighted by Crippen LogP contribution is -2.37. The summed E-state index contributed by atoms with van der Waals surface area (Å²) in [5.74, 6) is 0. The van der Waals surface area contributed by atoms with Crippen LogP contribution in [-0.2, 0) is 13.1 Å². The molecule has 1 saturated heterocycles. The number of rotatable bonds is 6. The molecule has 3 rings (SSSR count). The van der Waals surface area contributed by atoms with Crippen molar-refractivity contribution in [2.24, 2.45) is 5.41 Å². The monoisotopic (exact) mass is 324 g/mol. The van der Waals surface area contributed by atoms with E-state index in [1.54, 1.807) is 0 Å². The van der Waals surface area contributed by atoms with Crippen molar-refractivity contribution in [3.8, 4) is 0 Å². The third-order valence-electron chi connectivity index (χ3n) is 4.73. The maximum atomic E-state index is 4.69. The molecule has 128 valence electrons. The van der Waals surface area contributed by atoms with Gasteiger partial charge in [-0.15, -0.1) is 0 Å². The van der Waals surface area contributed by atoms with E-state index in [0.717, 1.165) is 55.5 Å². The highest BCUT2D eigenvalue weighted by atomic mass is 15.2. The number of nitrogens with zero attached hydrogens (tertiary/aromatic N) is 3. The Hall–Kier alpha value is -1.78. The van der Waals surface area contributed by atoms with Gasteiger partial charge in [0, 0.05) is 37.6 Å². The molecule has 24 heavy (non-hydrogen) atoms. The SMILES string of the molecule is Cc1cccc(CN(Cc2cccc(C)n2)CC2(C)CCNC2)n1. The van der Waals surface area contributed by atoms with E-state index in [-0.39, 0.29) is 0 Å². The third-order valence-corrected chi connectivity index (χ3v) is 4.73. The maximum Gasteiger partial charge on any atom is 0.0547 e. The van der Waals surface area contributed by atoms with Gasteiger partial charge in [-0.05, 0) is 56.5 Å². The molecule has 0 radical (unpaired) electrons. The fourth-order valence-electron chi connectivity index (χ4n) is 3.54. The van der Waals surface area contributed by atoms with Crippen LogP contribution >= 0.6 is 0 Å². The lowest BCUT2D eigenvalue weighted by molar-refractivity contribution is 0.160. The Morgan fingerprint density at radius 3 is 2.04 bits per heavy atom. The molecular formula is C20H28N4. The lowest BCUT2D eigenvalue weighted by atomic mass is 9.89. The summed E-state index contributed by atoms with van der Waals surface area (Å²) in [6.45, 7) is 11.5. The molecule has 1 aliphatic heterocycles. The summed E-state index contributed by atoms with van der Waals surface area (Å²) in [6.07, 6.45) is 1.23. The third kappa shape index (κ3) is 4.62. The zero-order chi connectivity index (χ0) is 17.0. The first-order valence-corrected chi connectivity index (χ1v) is 8.81. The Balaban J connectivity index is 1.77. The van der Waals surface area contributed by atoms with Gasteiger partial charge in [0.15, 0.2) is 0 Å². The van der Waals surface area contributed by atoms with Gasteiger partial charge in [-0.3, -0.25) is 14.9 Å². The predicted octanol–water partition coefficient (Wildman–Crippen LogP) is 3.10. The van der Waals surface area contributed by atoms with Gasteiger partial charge in [0.05, 0.1) is 11.4 Å². The van der Waals surface area contributed by atoms with E-state index in [1.165, 1.54) is 6.42 Å². The second kappa shape index (κ2) is 7.41. The summed E-state index contributed by atoms with van der Waals surface area (Å²) < 4.78 is 0. The topological polar surface area (TPSA) is 41.1 Å². The van der Waals surface area contributed by atoms with Crippen molar-refractivity contribution in [3.05, 3.63) is 59.2 Å². The maximum absolute atomic E-state index is 4.69. The van der Waals surface area contributed by atoms with Gasteiger partial charge >= 0.3 is 0 Å². The fraction of sp³-hybridized carbons (Fsp3) is 0.500. The number of aromatic nitrogens is 2. The highest BCUT2D eigenvalue weighted by molar-refractivity contribution is 5.12. The van der Waals surface area contributed by atoms with Gasteiger partial charge in [0.1, 0.15) is 0 Å². The van der Waals surface area contributed by atoms with Crippen molar-refractivity contribution in [2.45, 2.75) is 40.3 Å². The molecule has 1 atom stereocenters. The quantitative estimate of drug-likeness (QED) is 0.886. The zero-order valence-electron chi connectivity index (χ0n) is 15.0. The number of hydrogen-bond acceptors (Lipinski definition) is 4. The molecule has 0 saturated carbocycles. The summed E-state index contributed by atoms with van der Waals surface area (Å²) in [5.41, 5.74) is 4.76. The minimum atomic E-state index is 0.327. The van der Waals surface area contributed by atoms with Crippen LogP contribution in [0.3, 0.4) is 0 Å². The molecule has 0 aliphatic carbocycles. The van der Waals surface area contributed by atoms with Crippen LogP contribution in [0, 0.1) is 19.3 Å². The molecule has 0 aromatic carbocycles. The normalized spacial score (nSPS) is 20.7. The molecule has 1 N–H and O–H groups in total. The molecular weight excluding hydrogens is 296 g/mol. The van der Waals surface area contributed by atoms with Gasteiger partial charge in [-0.25, -0.2) is 0 Å². The van der Waals surface area contributed by atoms with Crippen LogP contribution in [0.1, 0.15) is 36.1 Å². The summed E-state index contributed by atoms with van der Waals surface area (Å²) in [4.78, 5) is 11.9. The average Bonchev–Trinajstić information content (AvgIpc) is 2.93. The summed E-state index contributed by atoms with van der Waals surface area (Å²) in [5, 5.41) is 3.51. The molecule has 1 aliphatic rings. The lowest BCUT2D eigenvalue weighted by Gasteiger charge is -2.31.